The second kappa shape index (κ2) is 4.49. The van der Waals surface area contributed by atoms with Crippen LogP contribution in [0, 0.1) is 0 Å². The largest absolute Gasteiger partial charge is 0.416 e. The number of anilines is 1. The number of pyridine rings is 1. The van der Waals surface area contributed by atoms with E-state index < -0.39 is 11.7 Å². The third kappa shape index (κ3) is 3.07. The second-order valence-electron chi connectivity index (χ2n) is 2.93. The molecule has 0 fully saturated rings. The zero-order valence-electron chi connectivity index (χ0n) is 8.10. The average molecular weight is 278 g/mol. The third-order valence-corrected chi connectivity index (χ3v) is 3.32. The monoisotopic (exact) mass is 278 g/mol. The zero-order chi connectivity index (χ0) is 12.5. The molecule has 0 radical (unpaired) electrons. The Morgan fingerprint density at radius 1 is 1.29 bits per heavy atom. The Balaban J connectivity index is 2.32. The molecular formula is C8H5F3N4S2. The van der Waals surface area contributed by atoms with Crippen LogP contribution in [0.1, 0.15) is 5.56 Å². The van der Waals surface area contributed by atoms with E-state index in [1.54, 1.807) is 0 Å². The summed E-state index contributed by atoms with van der Waals surface area (Å²) in [7, 11) is 0. The molecule has 0 aliphatic rings. The van der Waals surface area contributed by atoms with Gasteiger partial charge in [0.05, 0.1) is 5.56 Å². The van der Waals surface area contributed by atoms with Crippen LogP contribution >= 0.6 is 23.3 Å². The Kier molecular flexibility index (Phi) is 3.20. The fourth-order valence-electron chi connectivity index (χ4n) is 1.04. The number of halogens is 3. The molecule has 2 aromatic rings. The maximum absolute atomic E-state index is 12.5. The molecule has 0 spiro atoms. The lowest BCUT2D eigenvalue weighted by Gasteiger charge is -2.08. The van der Waals surface area contributed by atoms with Crippen molar-refractivity contribution in [3.8, 4) is 0 Å². The van der Waals surface area contributed by atoms with Gasteiger partial charge in [0.1, 0.15) is 17.2 Å². The lowest BCUT2D eigenvalue weighted by atomic mass is 10.2. The van der Waals surface area contributed by atoms with E-state index in [-0.39, 0.29) is 10.8 Å². The number of alkyl halides is 3. The summed E-state index contributed by atoms with van der Waals surface area (Å²) in [6, 6.07) is 1.73. The minimum Gasteiger partial charge on any atom is -0.384 e. The number of nitrogens with zero attached hydrogens (tertiary/aromatic N) is 3. The summed E-state index contributed by atoms with van der Waals surface area (Å²) >= 11 is 2.07. The Hall–Kier alpha value is -1.35. The van der Waals surface area contributed by atoms with Crippen molar-refractivity contribution in [3.63, 3.8) is 0 Å². The first-order chi connectivity index (χ1) is 7.95. The Bertz CT molecular complexity index is 512. The molecular weight excluding hydrogens is 273 g/mol. The highest BCUT2D eigenvalue weighted by atomic mass is 32.2. The fourth-order valence-corrected chi connectivity index (χ4v) is 2.47. The molecule has 17 heavy (non-hydrogen) atoms. The highest BCUT2D eigenvalue weighted by molar-refractivity contribution is 8.00. The van der Waals surface area contributed by atoms with Gasteiger partial charge in [-0.3, -0.25) is 0 Å². The molecule has 4 nitrogen and oxygen atoms in total. The third-order valence-electron chi connectivity index (χ3n) is 1.68. The van der Waals surface area contributed by atoms with Crippen molar-refractivity contribution in [3.05, 3.63) is 24.0 Å². The first-order valence-corrected chi connectivity index (χ1v) is 5.83. The summed E-state index contributed by atoms with van der Waals surface area (Å²) in [6.07, 6.45) is -3.11. The van der Waals surface area contributed by atoms with Gasteiger partial charge in [0.15, 0.2) is 4.34 Å². The van der Waals surface area contributed by atoms with Gasteiger partial charge in [-0.05, 0) is 35.4 Å². The summed E-state index contributed by atoms with van der Waals surface area (Å²) in [5.41, 5.74) is 4.51. The summed E-state index contributed by atoms with van der Waals surface area (Å²) < 4.78 is 41.8. The van der Waals surface area contributed by atoms with Crippen LogP contribution < -0.4 is 5.73 Å². The second-order valence-corrected chi connectivity index (χ2v) is 4.97. The number of hydrogen-bond acceptors (Lipinski definition) is 6. The van der Waals surface area contributed by atoms with Gasteiger partial charge in [-0.15, -0.1) is 0 Å². The van der Waals surface area contributed by atoms with E-state index in [1.807, 2.05) is 0 Å². The maximum atomic E-state index is 12.5. The van der Waals surface area contributed by atoms with Gasteiger partial charge < -0.3 is 5.73 Å². The van der Waals surface area contributed by atoms with Crippen molar-refractivity contribution in [1.29, 1.82) is 0 Å². The van der Waals surface area contributed by atoms with Crippen molar-refractivity contribution in [2.75, 3.05) is 5.73 Å². The molecule has 0 aliphatic heterocycles. The van der Waals surface area contributed by atoms with E-state index in [4.69, 9.17) is 5.73 Å². The van der Waals surface area contributed by atoms with E-state index >= 15 is 0 Å². The highest BCUT2D eigenvalue weighted by Crippen LogP contribution is 2.34. The van der Waals surface area contributed by atoms with Crippen LogP contribution in [0.5, 0.6) is 0 Å². The fraction of sp³-hybridized carbons (Fsp3) is 0.125. The summed E-state index contributed by atoms with van der Waals surface area (Å²) in [5.74, 6) is -0.174. The SMILES string of the molecule is Nc1cc(C(F)(F)F)cc(Sc2ncns2)n1. The molecule has 0 atom stereocenters. The molecule has 0 bridgehead atoms. The standard InChI is InChI=1S/C8H5F3N4S2/c9-8(10,11)4-1-5(12)15-6(2-4)16-7-13-3-14-17-7/h1-3H,(H2,12,15). The van der Waals surface area contributed by atoms with Crippen molar-refractivity contribution in [1.82, 2.24) is 14.3 Å². The van der Waals surface area contributed by atoms with Crippen LogP contribution in [0.4, 0.5) is 19.0 Å². The van der Waals surface area contributed by atoms with Crippen LogP contribution in [0.2, 0.25) is 0 Å². The van der Waals surface area contributed by atoms with E-state index in [0.717, 1.165) is 35.4 Å². The molecule has 9 heteroatoms. The van der Waals surface area contributed by atoms with Gasteiger partial charge in [0.2, 0.25) is 0 Å². The minimum absolute atomic E-state index is 0.147. The molecule has 0 aliphatic carbocycles. The molecule has 0 saturated carbocycles. The van der Waals surface area contributed by atoms with E-state index in [2.05, 4.69) is 14.3 Å². The van der Waals surface area contributed by atoms with Gasteiger partial charge in [-0.2, -0.15) is 17.5 Å². The number of nitrogens with two attached hydrogens (primary N) is 1. The predicted octanol–water partition coefficient (Wildman–Crippen LogP) is 2.69. The van der Waals surface area contributed by atoms with Gasteiger partial charge in [0, 0.05) is 0 Å². The molecule has 0 aromatic carbocycles. The molecule has 0 amide bonds. The van der Waals surface area contributed by atoms with Crippen molar-refractivity contribution in [2.24, 2.45) is 0 Å². The normalized spacial score (nSPS) is 11.7. The van der Waals surface area contributed by atoms with Crippen molar-refractivity contribution in [2.45, 2.75) is 15.5 Å². The molecule has 0 saturated heterocycles. The number of rotatable bonds is 2. The smallest absolute Gasteiger partial charge is 0.384 e. The zero-order valence-corrected chi connectivity index (χ0v) is 9.73. The summed E-state index contributed by atoms with van der Waals surface area (Å²) in [6.45, 7) is 0. The molecule has 0 unspecified atom stereocenters. The van der Waals surface area contributed by atoms with Crippen molar-refractivity contribution >= 4 is 29.1 Å². The van der Waals surface area contributed by atoms with Gasteiger partial charge in [-0.1, -0.05) is 0 Å². The van der Waals surface area contributed by atoms with Crippen molar-refractivity contribution < 1.29 is 13.2 Å². The highest BCUT2D eigenvalue weighted by Gasteiger charge is 2.31. The van der Waals surface area contributed by atoms with Crippen LogP contribution in [0.3, 0.4) is 0 Å². The minimum atomic E-state index is -4.44. The van der Waals surface area contributed by atoms with Crippen LogP contribution in [0.25, 0.3) is 0 Å². The van der Waals surface area contributed by atoms with Gasteiger partial charge in [-0.25, -0.2) is 9.97 Å². The van der Waals surface area contributed by atoms with E-state index in [1.165, 1.54) is 6.33 Å². The average Bonchev–Trinajstić information content (AvgIpc) is 2.68. The molecule has 2 aromatic heterocycles. The topological polar surface area (TPSA) is 64.7 Å². The maximum Gasteiger partial charge on any atom is 0.416 e. The van der Waals surface area contributed by atoms with E-state index in [0.29, 0.717) is 4.34 Å². The molecule has 90 valence electrons. The number of nitrogen functional groups attached to an aromatic ring is 1. The van der Waals surface area contributed by atoms with Crippen LogP contribution in [0.15, 0.2) is 27.8 Å². The molecule has 2 N–H and O–H groups in total. The lowest BCUT2D eigenvalue weighted by Crippen LogP contribution is -2.07. The van der Waals surface area contributed by atoms with E-state index in [9.17, 15) is 13.2 Å². The molecule has 2 rings (SSSR count). The first kappa shape index (κ1) is 12.1. The summed E-state index contributed by atoms with van der Waals surface area (Å²) in [5, 5.41) is 0.147. The number of aromatic nitrogens is 3. The molecule has 2 heterocycles. The number of hydrogen-bond donors (Lipinski definition) is 1. The van der Waals surface area contributed by atoms with Gasteiger partial charge in [0.25, 0.3) is 0 Å². The quantitative estimate of drug-likeness (QED) is 0.915. The Labute approximate surface area is 102 Å². The first-order valence-electron chi connectivity index (χ1n) is 4.24. The van der Waals surface area contributed by atoms with Crippen LogP contribution in [-0.4, -0.2) is 14.3 Å². The predicted molar refractivity (Wildman–Crippen MR) is 57.7 cm³/mol. The summed E-state index contributed by atoms with van der Waals surface area (Å²) in [4.78, 5) is 7.64. The van der Waals surface area contributed by atoms with Gasteiger partial charge >= 0.3 is 6.18 Å². The lowest BCUT2D eigenvalue weighted by molar-refractivity contribution is -0.137. The Morgan fingerprint density at radius 3 is 2.65 bits per heavy atom. The van der Waals surface area contributed by atoms with Crippen LogP contribution in [-0.2, 0) is 6.18 Å². The Morgan fingerprint density at radius 2 is 2.06 bits per heavy atom.